The first kappa shape index (κ1) is 9.58. The molecule has 0 amide bonds. The zero-order valence-electron chi connectivity index (χ0n) is 8.67. The lowest BCUT2D eigenvalue weighted by molar-refractivity contribution is 0.0480. The molecule has 0 fully saturated rings. The van der Waals surface area contributed by atoms with Crippen LogP contribution < -0.4 is 0 Å². The van der Waals surface area contributed by atoms with Gasteiger partial charge < -0.3 is 10.2 Å². The average Bonchev–Trinajstić information content (AvgIpc) is 2.33. The van der Waals surface area contributed by atoms with Crippen LogP contribution in [0.2, 0.25) is 0 Å². The van der Waals surface area contributed by atoms with Crippen LogP contribution in [0.5, 0.6) is 0 Å². The maximum atomic E-state index is 10.0. The third-order valence-electron chi connectivity index (χ3n) is 3.10. The van der Waals surface area contributed by atoms with Gasteiger partial charge in [-0.3, -0.25) is 0 Å². The molecule has 1 aliphatic rings. The summed E-state index contributed by atoms with van der Waals surface area (Å²) in [6.07, 6.45) is 1.85. The molecule has 1 aliphatic carbocycles. The molecule has 0 heterocycles. The average molecular weight is 212 g/mol. The number of aliphatic hydroxyl groups excluding tert-OH is 2. The fourth-order valence-electron chi connectivity index (χ4n) is 2.27. The SMILES string of the molecule is O[C@H]1C=Cc2ccc3ccccc3c2[C@@H]1O. The number of rotatable bonds is 0. The van der Waals surface area contributed by atoms with E-state index in [-0.39, 0.29) is 0 Å². The molecule has 2 aromatic rings. The first-order chi connectivity index (χ1) is 7.77. The smallest absolute Gasteiger partial charge is 0.110 e. The van der Waals surface area contributed by atoms with Crippen molar-refractivity contribution in [3.8, 4) is 0 Å². The highest BCUT2D eigenvalue weighted by atomic mass is 16.3. The molecular formula is C14H12O2. The van der Waals surface area contributed by atoms with Crippen LogP contribution in [0.4, 0.5) is 0 Å². The Morgan fingerprint density at radius 3 is 2.62 bits per heavy atom. The summed E-state index contributed by atoms with van der Waals surface area (Å²) in [5.41, 5.74) is 1.81. The van der Waals surface area contributed by atoms with Crippen molar-refractivity contribution in [3.05, 3.63) is 53.6 Å². The van der Waals surface area contributed by atoms with Gasteiger partial charge in [-0.2, -0.15) is 0 Å². The molecule has 0 aromatic heterocycles. The highest BCUT2D eigenvalue weighted by Crippen LogP contribution is 2.34. The van der Waals surface area contributed by atoms with Crippen molar-refractivity contribution in [1.82, 2.24) is 0 Å². The molecule has 2 atom stereocenters. The summed E-state index contributed by atoms with van der Waals surface area (Å²) in [5.74, 6) is 0. The largest absolute Gasteiger partial charge is 0.386 e. The second-order valence-corrected chi connectivity index (χ2v) is 4.08. The zero-order valence-corrected chi connectivity index (χ0v) is 8.67. The predicted molar refractivity (Wildman–Crippen MR) is 63.9 cm³/mol. The maximum absolute atomic E-state index is 10.0. The van der Waals surface area contributed by atoms with E-state index in [9.17, 15) is 10.2 Å². The van der Waals surface area contributed by atoms with Crippen LogP contribution in [0, 0.1) is 0 Å². The van der Waals surface area contributed by atoms with Crippen molar-refractivity contribution in [2.45, 2.75) is 12.2 Å². The predicted octanol–water partition coefficient (Wildman–Crippen LogP) is 2.26. The molecule has 3 rings (SSSR count). The molecule has 2 N–H and O–H groups in total. The molecule has 0 aliphatic heterocycles. The summed E-state index contributed by atoms with van der Waals surface area (Å²) in [5, 5.41) is 21.8. The Morgan fingerprint density at radius 2 is 1.75 bits per heavy atom. The van der Waals surface area contributed by atoms with Crippen LogP contribution >= 0.6 is 0 Å². The highest BCUT2D eigenvalue weighted by molar-refractivity contribution is 5.89. The van der Waals surface area contributed by atoms with Gasteiger partial charge in [-0.1, -0.05) is 48.6 Å². The Hall–Kier alpha value is -1.64. The first-order valence-corrected chi connectivity index (χ1v) is 5.33. The third-order valence-corrected chi connectivity index (χ3v) is 3.10. The minimum atomic E-state index is -0.828. The van der Waals surface area contributed by atoms with E-state index in [0.29, 0.717) is 0 Å². The molecule has 0 unspecified atom stereocenters. The zero-order chi connectivity index (χ0) is 11.1. The Balaban J connectivity index is 2.37. The van der Waals surface area contributed by atoms with Crippen molar-refractivity contribution in [2.24, 2.45) is 0 Å². The van der Waals surface area contributed by atoms with Crippen LogP contribution in [0.15, 0.2) is 42.5 Å². The van der Waals surface area contributed by atoms with Gasteiger partial charge in [0.05, 0.1) is 0 Å². The standard InChI is InChI=1S/C14H12O2/c15-12-8-7-10-6-5-9-3-1-2-4-11(9)13(10)14(12)16/h1-8,12,14-16H/t12-,14+/m0/s1. The van der Waals surface area contributed by atoms with Gasteiger partial charge in [-0.15, -0.1) is 0 Å². The summed E-state index contributed by atoms with van der Waals surface area (Å²) >= 11 is 0. The molecule has 2 nitrogen and oxygen atoms in total. The minimum Gasteiger partial charge on any atom is -0.386 e. The number of aliphatic hydroxyl groups is 2. The van der Waals surface area contributed by atoms with Crippen LogP contribution in [0.1, 0.15) is 17.2 Å². The summed E-state index contributed by atoms with van der Waals surface area (Å²) in [6.45, 7) is 0. The summed E-state index contributed by atoms with van der Waals surface area (Å²) in [4.78, 5) is 0. The Kier molecular flexibility index (Phi) is 2.06. The van der Waals surface area contributed by atoms with Gasteiger partial charge in [0.25, 0.3) is 0 Å². The molecule has 0 saturated heterocycles. The molecule has 0 bridgehead atoms. The summed E-state index contributed by atoms with van der Waals surface area (Å²) in [7, 11) is 0. The lowest BCUT2D eigenvalue weighted by Crippen LogP contribution is -2.19. The monoisotopic (exact) mass is 212 g/mol. The van der Waals surface area contributed by atoms with Crippen molar-refractivity contribution >= 4 is 16.8 Å². The number of hydrogen-bond donors (Lipinski definition) is 2. The molecular weight excluding hydrogens is 200 g/mol. The van der Waals surface area contributed by atoms with E-state index in [1.807, 2.05) is 42.5 Å². The van der Waals surface area contributed by atoms with E-state index in [2.05, 4.69) is 0 Å². The summed E-state index contributed by atoms with van der Waals surface area (Å²) < 4.78 is 0. The maximum Gasteiger partial charge on any atom is 0.110 e. The van der Waals surface area contributed by atoms with Crippen molar-refractivity contribution in [1.29, 1.82) is 0 Å². The van der Waals surface area contributed by atoms with E-state index < -0.39 is 12.2 Å². The minimum absolute atomic E-state index is 0.807. The van der Waals surface area contributed by atoms with Gasteiger partial charge in [0.1, 0.15) is 12.2 Å². The molecule has 2 aromatic carbocycles. The Bertz CT molecular complexity index is 572. The quantitative estimate of drug-likeness (QED) is 0.703. The molecule has 80 valence electrons. The van der Waals surface area contributed by atoms with E-state index in [1.54, 1.807) is 6.08 Å². The fraction of sp³-hybridized carbons (Fsp3) is 0.143. The number of fused-ring (bicyclic) bond motifs is 3. The van der Waals surface area contributed by atoms with E-state index >= 15 is 0 Å². The normalized spacial score (nSPS) is 23.4. The van der Waals surface area contributed by atoms with E-state index in [4.69, 9.17) is 0 Å². The first-order valence-electron chi connectivity index (χ1n) is 5.33. The molecule has 0 radical (unpaired) electrons. The molecule has 16 heavy (non-hydrogen) atoms. The summed E-state index contributed by atoms with van der Waals surface area (Å²) in [6, 6.07) is 11.9. The van der Waals surface area contributed by atoms with E-state index in [1.165, 1.54) is 0 Å². The Labute approximate surface area is 93.5 Å². The third kappa shape index (κ3) is 1.28. The van der Waals surface area contributed by atoms with Gasteiger partial charge in [0.15, 0.2) is 0 Å². The van der Waals surface area contributed by atoms with Gasteiger partial charge in [-0.25, -0.2) is 0 Å². The fourth-order valence-corrected chi connectivity index (χ4v) is 2.27. The van der Waals surface area contributed by atoms with Gasteiger partial charge in [0.2, 0.25) is 0 Å². The van der Waals surface area contributed by atoms with Crippen LogP contribution in [0.3, 0.4) is 0 Å². The van der Waals surface area contributed by atoms with E-state index in [0.717, 1.165) is 21.9 Å². The molecule has 2 heteroatoms. The van der Waals surface area contributed by atoms with Crippen molar-refractivity contribution in [2.75, 3.05) is 0 Å². The molecule has 0 spiro atoms. The second kappa shape index (κ2) is 3.44. The number of benzene rings is 2. The van der Waals surface area contributed by atoms with Crippen LogP contribution in [0.25, 0.3) is 16.8 Å². The van der Waals surface area contributed by atoms with Gasteiger partial charge in [-0.05, 0) is 21.9 Å². The molecule has 0 saturated carbocycles. The van der Waals surface area contributed by atoms with Crippen molar-refractivity contribution < 1.29 is 10.2 Å². The number of hydrogen-bond acceptors (Lipinski definition) is 2. The van der Waals surface area contributed by atoms with Crippen LogP contribution in [-0.4, -0.2) is 16.3 Å². The topological polar surface area (TPSA) is 40.5 Å². The lowest BCUT2D eigenvalue weighted by atomic mass is 9.88. The highest BCUT2D eigenvalue weighted by Gasteiger charge is 2.23. The van der Waals surface area contributed by atoms with Gasteiger partial charge >= 0.3 is 0 Å². The Morgan fingerprint density at radius 1 is 0.938 bits per heavy atom. The van der Waals surface area contributed by atoms with Crippen LogP contribution in [-0.2, 0) is 0 Å². The lowest BCUT2D eigenvalue weighted by Gasteiger charge is -2.23. The van der Waals surface area contributed by atoms with Gasteiger partial charge in [0, 0.05) is 0 Å². The second-order valence-electron chi connectivity index (χ2n) is 4.08. The van der Waals surface area contributed by atoms with Crippen molar-refractivity contribution in [3.63, 3.8) is 0 Å².